The lowest BCUT2D eigenvalue weighted by Gasteiger charge is -2.08. The molecule has 0 bridgehead atoms. The summed E-state index contributed by atoms with van der Waals surface area (Å²) in [5, 5.41) is 9.73. The molecule has 5 aromatic heterocycles. The monoisotopic (exact) mass is 658 g/mol. The van der Waals surface area contributed by atoms with Gasteiger partial charge in [0.25, 0.3) is 17.9 Å². The average Bonchev–Trinajstić information content (AvgIpc) is 3.55. The highest BCUT2D eigenvalue weighted by atomic mass is 35.5. The number of amides is 1. The molecule has 0 aliphatic carbocycles. The summed E-state index contributed by atoms with van der Waals surface area (Å²) in [6.45, 7) is -0.514. The van der Waals surface area contributed by atoms with Gasteiger partial charge >= 0.3 is 0 Å². The van der Waals surface area contributed by atoms with Crippen LogP contribution in [0.2, 0.25) is 20.1 Å². The standard InChI is InChI=1S/C10H5Cl2N5O.C9H7Cl2N5O.C4H10O3/c11-5-1-7(12)9(13-2-5)17-8-6(3-16-17)10(18)15-4-14-8;10-4-1-6(11)9(14-2-4)16-7(12)5(3-15-16)8(13)17;1-5-4(6-2)7-3/h1-4H,(H,14,15,18);1-3H,12H2,(H2,13,17);4H,1-3H3. The number of hydrogen-bond acceptors (Lipinski definition) is 11. The van der Waals surface area contributed by atoms with Crippen molar-refractivity contribution in [2.75, 3.05) is 27.1 Å². The van der Waals surface area contributed by atoms with E-state index in [1.165, 1.54) is 67.9 Å². The van der Waals surface area contributed by atoms with Crippen molar-refractivity contribution in [3.8, 4) is 11.6 Å². The lowest BCUT2D eigenvalue weighted by molar-refractivity contribution is -0.252. The van der Waals surface area contributed by atoms with Gasteiger partial charge in [-0.05, 0) is 12.1 Å². The molecule has 222 valence electrons. The molecular formula is C23H22Cl4N10O5. The van der Waals surface area contributed by atoms with Crippen molar-refractivity contribution in [1.82, 2.24) is 39.5 Å². The minimum atomic E-state index is -0.668. The zero-order valence-corrected chi connectivity index (χ0v) is 25.0. The molecule has 0 aromatic carbocycles. The molecule has 5 rings (SSSR count). The number of carbonyl (C=O) groups is 1. The molecule has 15 nitrogen and oxygen atoms in total. The fourth-order valence-electron chi connectivity index (χ4n) is 3.14. The number of hydrogen-bond donors (Lipinski definition) is 3. The van der Waals surface area contributed by atoms with Crippen LogP contribution >= 0.6 is 46.4 Å². The molecule has 19 heteroatoms. The third-order valence-electron chi connectivity index (χ3n) is 5.00. The Balaban J connectivity index is 0.000000190. The molecule has 0 radical (unpaired) electrons. The molecule has 0 saturated heterocycles. The summed E-state index contributed by atoms with van der Waals surface area (Å²) in [4.78, 5) is 37.2. The summed E-state index contributed by atoms with van der Waals surface area (Å²) in [7, 11) is 4.53. The average molecular weight is 660 g/mol. The topological polar surface area (TPSA) is 204 Å². The van der Waals surface area contributed by atoms with Crippen LogP contribution in [-0.2, 0) is 14.2 Å². The van der Waals surface area contributed by atoms with E-state index >= 15 is 0 Å². The van der Waals surface area contributed by atoms with Gasteiger partial charge in [-0.1, -0.05) is 46.4 Å². The third kappa shape index (κ3) is 7.71. The van der Waals surface area contributed by atoms with E-state index in [-0.39, 0.29) is 27.8 Å². The van der Waals surface area contributed by atoms with E-state index in [2.05, 4.69) is 44.3 Å². The van der Waals surface area contributed by atoms with E-state index in [0.717, 1.165) is 0 Å². The van der Waals surface area contributed by atoms with Crippen LogP contribution in [-0.4, -0.2) is 73.2 Å². The van der Waals surface area contributed by atoms with Gasteiger partial charge in [0, 0.05) is 33.7 Å². The molecule has 42 heavy (non-hydrogen) atoms. The van der Waals surface area contributed by atoms with E-state index < -0.39 is 12.4 Å². The number of H-pyrrole nitrogens is 1. The second-order valence-electron chi connectivity index (χ2n) is 7.66. The summed E-state index contributed by atoms with van der Waals surface area (Å²) in [6, 6.07) is 3.04. The van der Waals surface area contributed by atoms with Crippen LogP contribution in [0.5, 0.6) is 0 Å². The number of nitrogen functional groups attached to an aromatic ring is 1. The molecule has 0 aliphatic heterocycles. The number of ether oxygens (including phenoxy) is 3. The van der Waals surface area contributed by atoms with Crippen molar-refractivity contribution in [3.63, 3.8) is 0 Å². The van der Waals surface area contributed by atoms with E-state index in [4.69, 9.17) is 57.9 Å². The quantitative estimate of drug-likeness (QED) is 0.226. The van der Waals surface area contributed by atoms with Gasteiger partial charge in [0.2, 0.25) is 0 Å². The van der Waals surface area contributed by atoms with Crippen molar-refractivity contribution < 1.29 is 19.0 Å². The van der Waals surface area contributed by atoms with E-state index in [1.807, 2.05) is 0 Å². The second kappa shape index (κ2) is 14.9. The van der Waals surface area contributed by atoms with Crippen molar-refractivity contribution in [3.05, 3.63) is 79.3 Å². The van der Waals surface area contributed by atoms with Gasteiger partial charge in [0.1, 0.15) is 16.8 Å². The number of pyridine rings is 2. The molecule has 0 spiro atoms. The van der Waals surface area contributed by atoms with Crippen molar-refractivity contribution in [1.29, 1.82) is 0 Å². The summed E-state index contributed by atoms with van der Waals surface area (Å²) < 4.78 is 16.4. The number of fused-ring (bicyclic) bond motifs is 1. The van der Waals surface area contributed by atoms with Gasteiger partial charge in [-0.15, -0.1) is 0 Å². The minimum Gasteiger partial charge on any atom is -0.383 e. The number of nitrogens with one attached hydrogen (secondary N) is 1. The first-order valence-corrected chi connectivity index (χ1v) is 12.8. The van der Waals surface area contributed by atoms with Gasteiger partial charge in [0.05, 0.1) is 38.8 Å². The predicted molar refractivity (Wildman–Crippen MR) is 156 cm³/mol. The highest BCUT2D eigenvalue weighted by Crippen LogP contribution is 2.25. The number of aromatic amines is 1. The first-order valence-electron chi connectivity index (χ1n) is 11.3. The maximum absolute atomic E-state index is 11.5. The Morgan fingerprint density at radius 3 is 1.83 bits per heavy atom. The number of aromatic nitrogens is 8. The Labute approximate surface area is 257 Å². The predicted octanol–water partition coefficient (Wildman–Crippen LogP) is 3.28. The molecule has 0 atom stereocenters. The molecule has 0 saturated carbocycles. The Morgan fingerprint density at radius 2 is 1.38 bits per heavy atom. The van der Waals surface area contributed by atoms with Crippen molar-refractivity contribution >= 4 is 69.2 Å². The van der Waals surface area contributed by atoms with Gasteiger partial charge in [-0.2, -0.15) is 19.6 Å². The zero-order valence-electron chi connectivity index (χ0n) is 22.0. The van der Waals surface area contributed by atoms with Gasteiger partial charge < -0.3 is 30.7 Å². The van der Waals surface area contributed by atoms with E-state index in [9.17, 15) is 9.59 Å². The number of methoxy groups -OCH3 is 3. The highest BCUT2D eigenvalue weighted by molar-refractivity contribution is 6.36. The Hall–Kier alpha value is -3.83. The summed E-state index contributed by atoms with van der Waals surface area (Å²) in [5.41, 5.74) is 11.1. The highest BCUT2D eigenvalue weighted by Gasteiger charge is 2.16. The lowest BCUT2D eigenvalue weighted by Crippen LogP contribution is -2.14. The van der Waals surface area contributed by atoms with Crippen LogP contribution in [0.1, 0.15) is 10.4 Å². The summed E-state index contributed by atoms with van der Waals surface area (Å²) in [5.74, 6) is 0.0586. The van der Waals surface area contributed by atoms with Crippen molar-refractivity contribution in [2.45, 2.75) is 6.48 Å². The Morgan fingerprint density at radius 1 is 0.857 bits per heavy atom. The normalized spacial score (nSPS) is 10.7. The van der Waals surface area contributed by atoms with Crippen LogP contribution in [0.15, 0.2) is 48.0 Å². The SMILES string of the molecule is COC(OC)OC.NC(=O)c1cnn(-c2ncc(Cl)cc2Cl)c1N.O=c1[nH]cnc2c1cnn2-c1ncc(Cl)cc1Cl. The Bertz CT molecular complexity index is 1730. The van der Waals surface area contributed by atoms with Crippen LogP contribution < -0.4 is 17.0 Å². The summed E-state index contributed by atoms with van der Waals surface area (Å²) in [6.07, 6.45) is 6.81. The largest absolute Gasteiger partial charge is 0.383 e. The second-order valence-corrected chi connectivity index (χ2v) is 9.35. The number of nitrogens with two attached hydrogens (primary N) is 2. The maximum atomic E-state index is 11.5. The van der Waals surface area contributed by atoms with Crippen LogP contribution in [0.3, 0.4) is 0 Å². The van der Waals surface area contributed by atoms with E-state index in [0.29, 0.717) is 31.9 Å². The molecule has 5 heterocycles. The van der Waals surface area contributed by atoms with Gasteiger partial charge in [0.15, 0.2) is 17.3 Å². The van der Waals surface area contributed by atoms with Crippen molar-refractivity contribution in [2.24, 2.45) is 5.73 Å². The maximum Gasteiger partial charge on any atom is 0.270 e. The van der Waals surface area contributed by atoms with Crippen LogP contribution in [0.25, 0.3) is 22.7 Å². The van der Waals surface area contributed by atoms with Crippen LogP contribution in [0.4, 0.5) is 5.82 Å². The fraction of sp³-hybridized carbons (Fsp3) is 0.174. The smallest absolute Gasteiger partial charge is 0.270 e. The Kier molecular flexibility index (Phi) is 11.6. The molecule has 0 unspecified atom stereocenters. The minimum absolute atomic E-state index is 0.0780. The molecule has 0 aliphatic rings. The van der Waals surface area contributed by atoms with Crippen LogP contribution in [0, 0.1) is 0 Å². The number of halogens is 4. The molecule has 0 fully saturated rings. The number of primary amides is 1. The van der Waals surface area contributed by atoms with Gasteiger partial charge in [-0.3, -0.25) is 9.59 Å². The number of nitrogens with zero attached hydrogens (tertiary/aromatic N) is 7. The third-order valence-corrected chi connectivity index (χ3v) is 5.97. The summed E-state index contributed by atoms with van der Waals surface area (Å²) >= 11 is 23.5. The first kappa shape index (κ1) is 32.7. The van der Waals surface area contributed by atoms with Gasteiger partial charge in [-0.25, -0.2) is 15.0 Å². The number of rotatable bonds is 6. The first-order chi connectivity index (χ1) is 20.0. The molecule has 5 N–H and O–H groups in total. The fourth-order valence-corrected chi connectivity index (χ4v) is 4.06. The zero-order chi connectivity index (χ0) is 31.0. The van der Waals surface area contributed by atoms with E-state index in [1.54, 1.807) is 6.07 Å². The molecule has 5 aromatic rings. The molecule has 1 amide bonds. The lowest BCUT2D eigenvalue weighted by atomic mass is 10.3. The number of carbonyl (C=O) groups excluding carboxylic acids is 1. The number of anilines is 1. The molecular weight excluding hydrogens is 638 g/mol.